The Morgan fingerprint density at radius 2 is 1.71 bits per heavy atom. The molecule has 1 aliphatic carbocycles. The average molecular weight is 224 g/mol. The lowest BCUT2D eigenvalue weighted by Gasteiger charge is -2.19. The van der Waals surface area contributed by atoms with E-state index in [4.69, 9.17) is 0 Å². The molecular weight excluding hydrogens is 207 g/mol. The van der Waals surface area contributed by atoms with E-state index in [-0.39, 0.29) is 5.92 Å². The van der Waals surface area contributed by atoms with Crippen molar-refractivity contribution in [2.24, 2.45) is 5.92 Å². The predicted octanol–water partition coefficient (Wildman–Crippen LogP) is 1.62. The Labute approximate surface area is 84.5 Å². The van der Waals surface area contributed by atoms with Crippen LogP contribution in [0.1, 0.15) is 38.5 Å². The SMILES string of the molecule is O=S(=O)(F)CC(O)C1CCCCCC1. The van der Waals surface area contributed by atoms with Gasteiger partial charge in [0.25, 0.3) is 0 Å². The van der Waals surface area contributed by atoms with E-state index in [0.29, 0.717) is 0 Å². The van der Waals surface area contributed by atoms with Crippen LogP contribution in [0.25, 0.3) is 0 Å². The van der Waals surface area contributed by atoms with Crippen LogP contribution in [0.3, 0.4) is 0 Å². The van der Waals surface area contributed by atoms with Crippen LogP contribution in [0.15, 0.2) is 0 Å². The van der Waals surface area contributed by atoms with Crippen LogP contribution in [-0.4, -0.2) is 25.4 Å². The van der Waals surface area contributed by atoms with Crippen LogP contribution in [0, 0.1) is 5.92 Å². The van der Waals surface area contributed by atoms with Crippen LogP contribution in [0.2, 0.25) is 0 Å². The van der Waals surface area contributed by atoms with Crippen LogP contribution in [0.4, 0.5) is 3.89 Å². The molecule has 1 aliphatic rings. The van der Waals surface area contributed by atoms with E-state index >= 15 is 0 Å². The van der Waals surface area contributed by atoms with Gasteiger partial charge in [-0.25, -0.2) is 0 Å². The minimum atomic E-state index is -4.53. The molecule has 0 amide bonds. The van der Waals surface area contributed by atoms with E-state index < -0.39 is 22.1 Å². The maximum Gasteiger partial charge on any atom is 0.304 e. The van der Waals surface area contributed by atoms with Gasteiger partial charge in [-0.05, 0) is 18.8 Å². The second-order valence-electron chi connectivity index (χ2n) is 4.02. The van der Waals surface area contributed by atoms with Gasteiger partial charge in [-0.3, -0.25) is 0 Å². The van der Waals surface area contributed by atoms with Gasteiger partial charge in [-0.1, -0.05) is 25.7 Å². The van der Waals surface area contributed by atoms with Gasteiger partial charge in [-0.15, -0.1) is 3.89 Å². The molecule has 0 radical (unpaired) electrons. The summed E-state index contributed by atoms with van der Waals surface area (Å²) < 4.78 is 33.0. The molecule has 1 N–H and O–H groups in total. The summed E-state index contributed by atoms with van der Waals surface area (Å²) in [6.07, 6.45) is 4.88. The highest BCUT2D eigenvalue weighted by atomic mass is 32.3. The molecule has 0 saturated heterocycles. The summed E-state index contributed by atoms with van der Waals surface area (Å²) >= 11 is 0. The van der Waals surface area contributed by atoms with Crippen molar-refractivity contribution in [2.45, 2.75) is 44.6 Å². The van der Waals surface area contributed by atoms with Crippen molar-refractivity contribution >= 4 is 10.2 Å². The Kier molecular flexibility index (Phi) is 4.31. The molecule has 0 aromatic rings. The second kappa shape index (κ2) is 5.07. The molecule has 1 rings (SSSR count). The summed E-state index contributed by atoms with van der Waals surface area (Å²) in [6, 6.07) is 0. The van der Waals surface area contributed by atoms with E-state index in [1.807, 2.05) is 0 Å². The first-order valence-electron chi connectivity index (χ1n) is 5.09. The molecule has 14 heavy (non-hydrogen) atoms. The molecular formula is C9H17FO3S. The average Bonchev–Trinajstić information content (AvgIpc) is 2.27. The number of aliphatic hydroxyl groups excluding tert-OH is 1. The lowest BCUT2D eigenvalue weighted by Crippen LogP contribution is -2.27. The Morgan fingerprint density at radius 1 is 1.21 bits per heavy atom. The van der Waals surface area contributed by atoms with Gasteiger partial charge in [0, 0.05) is 0 Å². The van der Waals surface area contributed by atoms with Crippen LogP contribution >= 0.6 is 0 Å². The summed E-state index contributed by atoms with van der Waals surface area (Å²) in [5, 5.41) is 9.52. The topological polar surface area (TPSA) is 54.4 Å². The van der Waals surface area contributed by atoms with Crippen molar-refractivity contribution in [2.75, 3.05) is 5.75 Å². The summed E-state index contributed by atoms with van der Waals surface area (Å²) in [4.78, 5) is 0. The van der Waals surface area contributed by atoms with E-state index in [1.54, 1.807) is 0 Å². The maximum absolute atomic E-state index is 12.3. The number of halogens is 1. The minimum Gasteiger partial charge on any atom is -0.392 e. The summed E-state index contributed by atoms with van der Waals surface area (Å²) in [6.45, 7) is 0. The summed E-state index contributed by atoms with van der Waals surface area (Å²) in [7, 11) is -4.53. The zero-order valence-electron chi connectivity index (χ0n) is 8.15. The van der Waals surface area contributed by atoms with Crippen LogP contribution in [0.5, 0.6) is 0 Å². The molecule has 0 spiro atoms. The molecule has 5 heteroatoms. The van der Waals surface area contributed by atoms with Crippen LogP contribution in [-0.2, 0) is 10.2 Å². The monoisotopic (exact) mass is 224 g/mol. The largest absolute Gasteiger partial charge is 0.392 e. The standard InChI is InChI=1S/C9H17FO3S/c10-14(12,13)7-9(11)8-5-3-1-2-4-6-8/h8-9,11H,1-7H2. The molecule has 0 aromatic carbocycles. The Bertz CT molecular complexity index is 255. The number of hydrogen-bond donors (Lipinski definition) is 1. The zero-order chi connectivity index (χ0) is 10.6. The summed E-state index contributed by atoms with van der Waals surface area (Å²) in [5.74, 6) is -0.777. The second-order valence-corrected chi connectivity index (χ2v) is 5.44. The van der Waals surface area contributed by atoms with Crippen molar-refractivity contribution in [1.82, 2.24) is 0 Å². The molecule has 1 saturated carbocycles. The highest BCUT2D eigenvalue weighted by Crippen LogP contribution is 2.26. The number of aliphatic hydroxyl groups is 1. The quantitative estimate of drug-likeness (QED) is 0.585. The molecule has 0 bridgehead atoms. The van der Waals surface area contributed by atoms with Gasteiger partial charge < -0.3 is 5.11 Å². The molecule has 1 fully saturated rings. The Hall–Kier alpha value is -0.160. The fourth-order valence-electron chi connectivity index (χ4n) is 2.04. The summed E-state index contributed by atoms with van der Waals surface area (Å²) in [5.41, 5.74) is 0. The smallest absolute Gasteiger partial charge is 0.304 e. The molecule has 84 valence electrons. The first kappa shape index (κ1) is 11.9. The van der Waals surface area contributed by atoms with Gasteiger partial charge >= 0.3 is 10.2 Å². The minimum absolute atomic E-state index is 0.0389. The van der Waals surface area contributed by atoms with E-state index in [0.717, 1.165) is 38.5 Å². The highest BCUT2D eigenvalue weighted by Gasteiger charge is 2.25. The molecule has 3 nitrogen and oxygen atoms in total. The molecule has 1 unspecified atom stereocenters. The molecule has 0 aromatic heterocycles. The Balaban J connectivity index is 2.45. The Morgan fingerprint density at radius 3 is 2.14 bits per heavy atom. The predicted molar refractivity (Wildman–Crippen MR) is 52.1 cm³/mol. The lowest BCUT2D eigenvalue weighted by atomic mass is 9.95. The van der Waals surface area contributed by atoms with Gasteiger partial charge in [0.2, 0.25) is 0 Å². The molecule has 0 aliphatic heterocycles. The van der Waals surface area contributed by atoms with E-state index in [2.05, 4.69) is 0 Å². The third-order valence-electron chi connectivity index (χ3n) is 2.81. The zero-order valence-corrected chi connectivity index (χ0v) is 8.97. The third kappa shape index (κ3) is 4.37. The maximum atomic E-state index is 12.3. The number of rotatable bonds is 3. The van der Waals surface area contributed by atoms with Gasteiger partial charge in [0.15, 0.2) is 0 Å². The van der Waals surface area contributed by atoms with Gasteiger partial charge in [0.05, 0.1) is 6.10 Å². The fraction of sp³-hybridized carbons (Fsp3) is 1.00. The third-order valence-corrected chi connectivity index (χ3v) is 3.55. The first-order chi connectivity index (χ1) is 6.49. The van der Waals surface area contributed by atoms with E-state index in [9.17, 15) is 17.4 Å². The molecule has 1 atom stereocenters. The van der Waals surface area contributed by atoms with Crippen molar-refractivity contribution < 1.29 is 17.4 Å². The lowest BCUT2D eigenvalue weighted by molar-refractivity contribution is 0.118. The fourth-order valence-corrected chi connectivity index (χ4v) is 2.72. The van der Waals surface area contributed by atoms with Gasteiger partial charge in [0.1, 0.15) is 5.75 Å². The molecule has 0 heterocycles. The van der Waals surface area contributed by atoms with Crippen molar-refractivity contribution in [3.8, 4) is 0 Å². The van der Waals surface area contributed by atoms with Crippen LogP contribution < -0.4 is 0 Å². The number of hydrogen-bond acceptors (Lipinski definition) is 3. The van der Waals surface area contributed by atoms with Crippen molar-refractivity contribution in [3.05, 3.63) is 0 Å². The van der Waals surface area contributed by atoms with Gasteiger partial charge in [-0.2, -0.15) is 8.42 Å². The highest BCUT2D eigenvalue weighted by molar-refractivity contribution is 7.86. The van der Waals surface area contributed by atoms with E-state index in [1.165, 1.54) is 0 Å². The first-order valence-corrected chi connectivity index (χ1v) is 6.65. The van der Waals surface area contributed by atoms with Crippen molar-refractivity contribution in [3.63, 3.8) is 0 Å². The van der Waals surface area contributed by atoms with Crippen molar-refractivity contribution in [1.29, 1.82) is 0 Å². The normalized spacial score (nSPS) is 23.0.